The Hall–Kier alpha value is -1.06. The molecule has 1 saturated carbocycles. The minimum absolute atomic E-state index is 0. The van der Waals surface area contributed by atoms with E-state index in [9.17, 15) is 4.79 Å². The Morgan fingerprint density at radius 1 is 1.26 bits per heavy atom. The van der Waals surface area contributed by atoms with Crippen molar-refractivity contribution in [3.63, 3.8) is 0 Å². The van der Waals surface area contributed by atoms with Gasteiger partial charge in [-0.2, -0.15) is 0 Å². The highest BCUT2D eigenvalue weighted by molar-refractivity contribution is 5.85. The molecule has 0 spiro atoms. The molecule has 0 radical (unpaired) electrons. The van der Waals surface area contributed by atoms with Crippen LogP contribution in [0.2, 0.25) is 0 Å². The van der Waals surface area contributed by atoms with E-state index in [2.05, 4.69) is 31.2 Å². The summed E-state index contributed by atoms with van der Waals surface area (Å²) in [7, 11) is 0. The minimum atomic E-state index is 0. The van der Waals surface area contributed by atoms with E-state index < -0.39 is 0 Å². The Bertz CT molecular complexity index is 401. The number of rotatable bonds is 6. The van der Waals surface area contributed by atoms with Crippen LogP contribution in [0.15, 0.2) is 24.3 Å². The van der Waals surface area contributed by atoms with E-state index in [1.54, 1.807) is 0 Å². The molecule has 0 bridgehead atoms. The molecule has 2 N–H and O–H groups in total. The third kappa shape index (κ3) is 4.51. The number of carbonyl (C=O) groups excluding carboxylic acids is 1. The van der Waals surface area contributed by atoms with Crippen LogP contribution < -0.4 is 5.73 Å². The van der Waals surface area contributed by atoms with E-state index in [-0.39, 0.29) is 18.3 Å². The largest absolute Gasteiger partial charge is 0.335 e. The summed E-state index contributed by atoms with van der Waals surface area (Å²) in [6, 6.07) is 9.00. The summed E-state index contributed by atoms with van der Waals surface area (Å²) in [5.74, 6) is 0.194. The van der Waals surface area contributed by atoms with Crippen LogP contribution in [0.25, 0.3) is 0 Å². The molecule has 4 heteroatoms. The molecule has 1 fully saturated rings. The zero-order chi connectivity index (χ0) is 13.0. The van der Waals surface area contributed by atoms with Gasteiger partial charge in [0.1, 0.15) is 0 Å². The van der Waals surface area contributed by atoms with Crippen LogP contribution in [0, 0.1) is 0 Å². The van der Waals surface area contributed by atoms with Gasteiger partial charge in [-0.3, -0.25) is 4.79 Å². The number of nitrogens with zero attached hydrogens (tertiary/aromatic N) is 1. The Morgan fingerprint density at radius 3 is 2.32 bits per heavy atom. The molecule has 19 heavy (non-hydrogen) atoms. The average Bonchev–Trinajstić information content (AvgIpc) is 3.21. The second-order valence-electron chi connectivity index (χ2n) is 4.96. The smallest absolute Gasteiger partial charge is 0.224 e. The molecule has 1 aliphatic carbocycles. The van der Waals surface area contributed by atoms with Gasteiger partial charge in [0.05, 0.1) is 0 Å². The van der Waals surface area contributed by atoms with Crippen LogP contribution >= 0.6 is 12.4 Å². The molecule has 0 atom stereocenters. The normalized spacial score (nSPS) is 13.8. The zero-order valence-electron chi connectivity index (χ0n) is 11.5. The first kappa shape index (κ1) is 16.0. The van der Waals surface area contributed by atoms with Gasteiger partial charge in [-0.05, 0) is 30.4 Å². The Labute approximate surface area is 121 Å². The topological polar surface area (TPSA) is 46.3 Å². The molecular weight excluding hydrogens is 260 g/mol. The predicted molar refractivity (Wildman–Crippen MR) is 80.3 cm³/mol. The first-order valence-electron chi connectivity index (χ1n) is 6.82. The van der Waals surface area contributed by atoms with Crippen molar-refractivity contribution in [1.82, 2.24) is 4.90 Å². The summed E-state index contributed by atoms with van der Waals surface area (Å²) in [6.07, 6.45) is 3.80. The monoisotopic (exact) mass is 282 g/mol. The van der Waals surface area contributed by atoms with Crippen molar-refractivity contribution in [3.8, 4) is 0 Å². The second kappa shape index (κ2) is 7.51. The summed E-state index contributed by atoms with van der Waals surface area (Å²) in [5, 5.41) is 0. The molecule has 1 aromatic rings. The average molecular weight is 283 g/mol. The zero-order valence-corrected chi connectivity index (χ0v) is 12.3. The summed E-state index contributed by atoms with van der Waals surface area (Å²) in [6.45, 7) is 3.32. The van der Waals surface area contributed by atoms with Crippen LogP contribution in [0.3, 0.4) is 0 Å². The number of hydrogen-bond donors (Lipinski definition) is 1. The number of carbonyl (C=O) groups is 1. The van der Waals surface area contributed by atoms with Crippen molar-refractivity contribution in [2.24, 2.45) is 5.73 Å². The Balaban J connectivity index is 0.00000180. The van der Waals surface area contributed by atoms with E-state index in [1.807, 2.05) is 4.90 Å². The maximum absolute atomic E-state index is 12.0. The third-order valence-electron chi connectivity index (χ3n) is 3.45. The van der Waals surface area contributed by atoms with Crippen molar-refractivity contribution in [2.45, 2.75) is 45.2 Å². The minimum Gasteiger partial charge on any atom is -0.335 e. The fourth-order valence-corrected chi connectivity index (χ4v) is 2.15. The van der Waals surface area contributed by atoms with Crippen LogP contribution in [0.5, 0.6) is 0 Å². The van der Waals surface area contributed by atoms with E-state index in [0.717, 1.165) is 25.8 Å². The SMILES string of the molecule is CCc1ccc(CN(C(=O)CCN)C2CC2)cc1.Cl. The molecule has 0 heterocycles. The van der Waals surface area contributed by atoms with E-state index in [1.165, 1.54) is 11.1 Å². The summed E-state index contributed by atoms with van der Waals surface area (Å²) in [5.41, 5.74) is 8.02. The fourth-order valence-electron chi connectivity index (χ4n) is 2.15. The van der Waals surface area contributed by atoms with Crippen LogP contribution in [0.1, 0.15) is 37.3 Å². The highest BCUT2D eigenvalue weighted by Gasteiger charge is 2.31. The lowest BCUT2D eigenvalue weighted by Crippen LogP contribution is -2.33. The molecule has 3 nitrogen and oxygen atoms in total. The molecule has 106 valence electrons. The third-order valence-corrected chi connectivity index (χ3v) is 3.45. The van der Waals surface area contributed by atoms with Crippen molar-refractivity contribution in [2.75, 3.05) is 6.54 Å². The lowest BCUT2D eigenvalue weighted by Gasteiger charge is -2.22. The second-order valence-corrected chi connectivity index (χ2v) is 4.96. The van der Waals surface area contributed by atoms with Gasteiger partial charge in [0.15, 0.2) is 0 Å². The van der Waals surface area contributed by atoms with Crippen LogP contribution in [-0.2, 0) is 17.8 Å². The summed E-state index contributed by atoms with van der Waals surface area (Å²) < 4.78 is 0. The molecule has 0 aliphatic heterocycles. The lowest BCUT2D eigenvalue weighted by molar-refractivity contribution is -0.132. The first-order chi connectivity index (χ1) is 8.74. The number of aryl methyl sites for hydroxylation is 1. The number of hydrogen-bond acceptors (Lipinski definition) is 2. The quantitative estimate of drug-likeness (QED) is 0.871. The molecule has 1 aliphatic rings. The first-order valence-corrected chi connectivity index (χ1v) is 6.82. The molecule has 1 aromatic carbocycles. The number of amides is 1. The number of benzene rings is 1. The van der Waals surface area contributed by atoms with Gasteiger partial charge >= 0.3 is 0 Å². The van der Waals surface area contributed by atoms with Crippen molar-refractivity contribution in [3.05, 3.63) is 35.4 Å². The lowest BCUT2D eigenvalue weighted by atomic mass is 10.1. The van der Waals surface area contributed by atoms with Crippen LogP contribution in [-0.4, -0.2) is 23.4 Å². The van der Waals surface area contributed by atoms with Gasteiger partial charge in [0, 0.05) is 25.6 Å². The maximum Gasteiger partial charge on any atom is 0.224 e. The maximum atomic E-state index is 12.0. The van der Waals surface area contributed by atoms with Gasteiger partial charge in [0.2, 0.25) is 5.91 Å². The number of nitrogens with two attached hydrogens (primary N) is 1. The molecule has 1 amide bonds. The molecule has 0 saturated heterocycles. The van der Waals surface area contributed by atoms with E-state index >= 15 is 0 Å². The van der Waals surface area contributed by atoms with Crippen LogP contribution in [0.4, 0.5) is 0 Å². The molecule has 0 aromatic heterocycles. The summed E-state index contributed by atoms with van der Waals surface area (Å²) in [4.78, 5) is 14.0. The molecule has 2 rings (SSSR count). The predicted octanol–water partition coefficient (Wildman–Crippen LogP) is 2.51. The van der Waals surface area contributed by atoms with Crippen molar-refractivity contribution in [1.29, 1.82) is 0 Å². The molecule has 0 unspecified atom stereocenters. The van der Waals surface area contributed by atoms with Gasteiger partial charge in [-0.15, -0.1) is 12.4 Å². The fraction of sp³-hybridized carbons (Fsp3) is 0.533. The van der Waals surface area contributed by atoms with Gasteiger partial charge in [-0.25, -0.2) is 0 Å². The number of halogens is 1. The van der Waals surface area contributed by atoms with Crippen molar-refractivity contribution < 1.29 is 4.79 Å². The highest BCUT2D eigenvalue weighted by atomic mass is 35.5. The summed E-state index contributed by atoms with van der Waals surface area (Å²) >= 11 is 0. The van der Waals surface area contributed by atoms with E-state index in [0.29, 0.717) is 19.0 Å². The molecular formula is C15H23ClN2O. The van der Waals surface area contributed by atoms with Crippen molar-refractivity contribution >= 4 is 18.3 Å². The Kier molecular flexibility index (Phi) is 6.32. The van der Waals surface area contributed by atoms with E-state index in [4.69, 9.17) is 5.73 Å². The Morgan fingerprint density at radius 2 is 1.84 bits per heavy atom. The van der Waals surface area contributed by atoms with Gasteiger partial charge < -0.3 is 10.6 Å². The van der Waals surface area contributed by atoms with Gasteiger partial charge in [-0.1, -0.05) is 31.2 Å². The standard InChI is InChI=1S/C15H22N2O.ClH/c1-2-12-3-5-13(6-4-12)11-17(14-7-8-14)15(18)9-10-16;/h3-6,14H,2,7-11,16H2,1H3;1H. The highest BCUT2D eigenvalue weighted by Crippen LogP contribution is 2.28. The van der Waals surface area contributed by atoms with Gasteiger partial charge in [0.25, 0.3) is 0 Å².